The molecule has 1 amide bonds. The first kappa shape index (κ1) is 8.00. The van der Waals surface area contributed by atoms with E-state index in [0.29, 0.717) is 0 Å². The van der Waals surface area contributed by atoms with Gasteiger partial charge in [0.2, 0.25) is 5.91 Å². The summed E-state index contributed by atoms with van der Waals surface area (Å²) in [6.07, 6.45) is 0.784. The highest BCUT2D eigenvalue weighted by molar-refractivity contribution is 6.08. The van der Waals surface area contributed by atoms with Crippen LogP contribution in [0.15, 0.2) is 24.3 Å². The molecule has 3 nitrogen and oxygen atoms in total. The third kappa shape index (κ3) is 0.738. The van der Waals surface area contributed by atoms with Crippen LogP contribution in [0.2, 0.25) is 0 Å². The normalized spacial score (nSPS) is 32.9. The summed E-state index contributed by atoms with van der Waals surface area (Å²) in [6, 6.07) is 7.74. The maximum absolute atomic E-state index is 11.8. The number of nitrogens with one attached hydrogen (secondary N) is 1. The molecule has 14 heavy (non-hydrogen) atoms. The van der Waals surface area contributed by atoms with Crippen LogP contribution in [0.4, 0.5) is 5.69 Å². The predicted molar refractivity (Wildman–Crippen MR) is 51.9 cm³/mol. The lowest BCUT2D eigenvalue weighted by atomic mass is 9.95. The van der Waals surface area contributed by atoms with Crippen LogP contribution in [0.1, 0.15) is 12.0 Å². The number of hydrogen-bond donors (Lipinski definition) is 2. The lowest BCUT2D eigenvalue weighted by Crippen LogP contribution is -2.22. The number of rotatable bonds is 1. The van der Waals surface area contributed by atoms with E-state index < -0.39 is 5.41 Å². The molecule has 0 radical (unpaired) electrons. The van der Waals surface area contributed by atoms with E-state index in [2.05, 4.69) is 5.32 Å². The van der Waals surface area contributed by atoms with E-state index in [1.807, 2.05) is 24.3 Å². The first-order valence-electron chi connectivity index (χ1n) is 4.81. The van der Waals surface area contributed by atoms with E-state index in [1.165, 1.54) is 0 Å². The second kappa shape index (κ2) is 2.36. The first-order valence-corrected chi connectivity index (χ1v) is 4.81. The zero-order valence-corrected chi connectivity index (χ0v) is 7.66. The fraction of sp³-hybridized carbons (Fsp3) is 0.364. The van der Waals surface area contributed by atoms with Gasteiger partial charge in [0.05, 0.1) is 5.41 Å². The molecule has 3 heteroatoms. The molecule has 1 aliphatic heterocycles. The van der Waals surface area contributed by atoms with E-state index in [9.17, 15) is 4.79 Å². The summed E-state index contributed by atoms with van der Waals surface area (Å²) >= 11 is 0. The molecule has 1 heterocycles. The molecule has 72 valence electrons. The van der Waals surface area contributed by atoms with E-state index >= 15 is 0 Å². The molecule has 1 fully saturated rings. The highest BCUT2D eigenvalue weighted by Crippen LogP contribution is 2.59. The van der Waals surface area contributed by atoms with Gasteiger partial charge >= 0.3 is 0 Å². The second-order valence-corrected chi connectivity index (χ2v) is 4.05. The van der Waals surface area contributed by atoms with Gasteiger partial charge < -0.3 is 10.4 Å². The van der Waals surface area contributed by atoms with Crippen molar-refractivity contribution < 1.29 is 9.90 Å². The molecule has 1 aromatic rings. The standard InChI is InChI=1S/C11H11NO2/c13-6-7-5-11(7)8-3-1-2-4-9(8)12-10(11)14/h1-4,7,13H,5-6H2,(H,12,14)/t7-,11-/m1/s1. The molecule has 0 aromatic heterocycles. The third-order valence-electron chi connectivity index (χ3n) is 3.39. The number of hydrogen-bond acceptors (Lipinski definition) is 2. The molecule has 1 saturated carbocycles. The monoisotopic (exact) mass is 189 g/mol. The average Bonchev–Trinajstić information content (AvgIpc) is 2.87. The van der Waals surface area contributed by atoms with Crippen LogP contribution in [-0.4, -0.2) is 17.6 Å². The van der Waals surface area contributed by atoms with Crippen LogP contribution in [0.3, 0.4) is 0 Å². The Labute approximate surface area is 81.8 Å². The van der Waals surface area contributed by atoms with Crippen molar-refractivity contribution >= 4 is 11.6 Å². The van der Waals surface area contributed by atoms with Crippen molar-refractivity contribution in [2.75, 3.05) is 11.9 Å². The summed E-state index contributed by atoms with van der Waals surface area (Å²) in [5.74, 6) is 0.170. The van der Waals surface area contributed by atoms with Gasteiger partial charge in [-0.1, -0.05) is 18.2 Å². The largest absolute Gasteiger partial charge is 0.396 e. The maximum atomic E-state index is 11.8. The summed E-state index contributed by atoms with van der Waals surface area (Å²) in [4.78, 5) is 11.8. The maximum Gasteiger partial charge on any atom is 0.235 e. The molecule has 2 atom stereocenters. The topological polar surface area (TPSA) is 49.3 Å². The molecule has 1 aromatic carbocycles. The van der Waals surface area contributed by atoms with Gasteiger partial charge in [-0.3, -0.25) is 4.79 Å². The molecule has 3 rings (SSSR count). The third-order valence-corrected chi connectivity index (χ3v) is 3.39. The fourth-order valence-electron chi connectivity index (χ4n) is 2.50. The van der Waals surface area contributed by atoms with Crippen LogP contribution in [0, 0.1) is 5.92 Å². The Bertz CT molecular complexity index is 416. The minimum Gasteiger partial charge on any atom is -0.396 e. The molecular weight excluding hydrogens is 178 g/mol. The highest BCUT2D eigenvalue weighted by Gasteiger charge is 2.64. The highest BCUT2D eigenvalue weighted by atomic mass is 16.3. The van der Waals surface area contributed by atoms with E-state index in [1.54, 1.807) is 0 Å². The quantitative estimate of drug-likeness (QED) is 0.689. The Balaban J connectivity index is 2.13. The minimum absolute atomic E-state index is 0.0535. The van der Waals surface area contributed by atoms with Gasteiger partial charge in [0.15, 0.2) is 0 Å². The van der Waals surface area contributed by atoms with Crippen molar-refractivity contribution in [1.82, 2.24) is 0 Å². The molecule has 2 N–H and O–H groups in total. The summed E-state index contributed by atoms with van der Waals surface area (Å²) in [5, 5.41) is 12.0. The number of fused-ring (bicyclic) bond motifs is 2. The van der Waals surface area contributed by atoms with Gasteiger partial charge in [-0.15, -0.1) is 0 Å². The van der Waals surface area contributed by atoms with Gasteiger partial charge in [0.25, 0.3) is 0 Å². The van der Waals surface area contributed by atoms with Crippen molar-refractivity contribution in [2.24, 2.45) is 5.92 Å². The van der Waals surface area contributed by atoms with Crippen molar-refractivity contribution in [3.05, 3.63) is 29.8 Å². The Kier molecular flexibility index (Phi) is 1.35. The van der Waals surface area contributed by atoms with Crippen LogP contribution in [-0.2, 0) is 10.2 Å². The van der Waals surface area contributed by atoms with Gasteiger partial charge in [0, 0.05) is 18.2 Å². The smallest absolute Gasteiger partial charge is 0.235 e. The Morgan fingerprint density at radius 2 is 2.29 bits per heavy atom. The molecule has 1 spiro atoms. The average molecular weight is 189 g/mol. The summed E-state index contributed by atoms with van der Waals surface area (Å²) in [5.41, 5.74) is 1.57. The number of amides is 1. The van der Waals surface area contributed by atoms with Gasteiger partial charge in [-0.2, -0.15) is 0 Å². The van der Waals surface area contributed by atoms with E-state index in [0.717, 1.165) is 17.7 Å². The number of anilines is 1. The zero-order chi connectivity index (χ0) is 9.76. The number of aliphatic hydroxyl groups excluding tert-OH is 1. The van der Waals surface area contributed by atoms with Crippen molar-refractivity contribution in [2.45, 2.75) is 11.8 Å². The van der Waals surface area contributed by atoms with Crippen LogP contribution in [0.5, 0.6) is 0 Å². The van der Waals surface area contributed by atoms with Crippen molar-refractivity contribution in [3.8, 4) is 0 Å². The molecule has 0 bridgehead atoms. The van der Waals surface area contributed by atoms with Crippen LogP contribution < -0.4 is 5.32 Å². The molecule has 2 aliphatic rings. The van der Waals surface area contributed by atoms with Gasteiger partial charge in [0.1, 0.15) is 0 Å². The first-order chi connectivity index (χ1) is 6.79. The van der Waals surface area contributed by atoms with Gasteiger partial charge in [-0.05, 0) is 18.1 Å². The number of aliphatic hydroxyl groups is 1. The van der Waals surface area contributed by atoms with Crippen molar-refractivity contribution in [1.29, 1.82) is 0 Å². The number of benzene rings is 1. The number of carbonyl (C=O) groups is 1. The van der Waals surface area contributed by atoms with Crippen LogP contribution in [0.25, 0.3) is 0 Å². The molecular formula is C11H11NO2. The molecule has 0 saturated heterocycles. The number of para-hydroxylation sites is 1. The molecule has 0 unspecified atom stereocenters. The van der Waals surface area contributed by atoms with E-state index in [-0.39, 0.29) is 18.4 Å². The summed E-state index contributed by atoms with van der Waals surface area (Å²) < 4.78 is 0. The fourth-order valence-corrected chi connectivity index (χ4v) is 2.50. The predicted octanol–water partition coefficient (Wildman–Crippen LogP) is 0.889. The van der Waals surface area contributed by atoms with Crippen LogP contribution >= 0.6 is 0 Å². The molecule has 1 aliphatic carbocycles. The Morgan fingerprint density at radius 1 is 1.50 bits per heavy atom. The Morgan fingerprint density at radius 3 is 3.00 bits per heavy atom. The SMILES string of the molecule is O=C1Nc2ccccc2[C@]12C[C@@H]2CO. The minimum atomic E-state index is -0.397. The summed E-state index contributed by atoms with van der Waals surface area (Å²) in [6.45, 7) is 0.0990. The lowest BCUT2D eigenvalue weighted by Gasteiger charge is -2.05. The van der Waals surface area contributed by atoms with E-state index in [4.69, 9.17) is 5.11 Å². The summed E-state index contributed by atoms with van der Waals surface area (Å²) in [7, 11) is 0. The number of carbonyl (C=O) groups excluding carboxylic acids is 1. The second-order valence-electron chi connectivity index (χ2n) is 4.05. The van der Waals surface area contributed by atoms with Crippen molar-refractivity contribution in [3.63, 3.8) is 0 Å². The lowest BCUT2D eigenvalue weighted by molar-refractivity contribution is -0.118. The Hall–Kier alpha value is -1.35. The van der Waals surface area contributed by atoms with Gasteiger partial charge in [-0.25, -0.2) is 0 Å². The zero-order valence-electron chi connectivity index (χ0n) is 7.66.